The van der Waals surface area contributed by atoms with Gasteiger partial charge in [0.05, 0.1) is 18.3 Å². The first kappa shape index (κ1) is 13.6. The molecule has 1 N–H and O–H groups in total. The van der Waals surface area contributed by atoms with Crippen molar-refractivity contribution in [2.45, 2.75) is 19.4 Å². The van der Waals surface area contributed by atoms with E-state index >= 15 is 0 Å². The molecule has 1 saturated heterocycles. The predicted molar refractivity (Wildman–Crippen MR) is 74.4 cm³/mol. The quantitative estimate of drug-likeness (QED) is 0.853. The number of thiocarbonyl (C=S) groups is 1. The van der Waals surface area contributed by atoms with E-state index in [4.69, 9.17) is 16.6 Å². The molecule has 2 heterocycles. The van der Waals surface area contributed by atoms with Gasteiger partial charge in [-0.2, -0.15) is 0 Å². The molecule has 18 heavy (non-hydrogen) atoms. The number of nitrogens with zero attached hydrogens (tertiary/aromatic N) is 1. The second-order valence-electron chi connectivity index (χ2n) is 4.24. The third-order valence-electron chi connectivity index (χ3n) is 2.98. The summed E-state index contributed by atoms with van der Waals surface area (Å²) < 4.78 is 5.77. The molecule has 1 aliphatic rings. The lowest BCUT2D eigenvalue weighted by Crippen LogP contribution is -2.40. The first-order valence-corrected chi connectivity index (χ1v) is 7.17. The molecule has 1 fully saturated rings. The minimum absolute atomic E-state index is 0.107. The zero-order valence-corrected chi connectivity index (χ0v) is 11.7. The third kappa shape index (κ3) is 2.93. The summed E-state index contributed by atoms with van der Waals surface area (Å²) in [7, 11) is 0. The first-order valence-electron chi connectivity index (χ1n) is 5.78. The Labute approximate surface area is 115 Å². The standard InChI is InChI=1S/C12H15NO3S2/c1-8(10(14)7-9-3-2-5-16-9)11(15)13-4-6-18-12(13)17/h2-3,5,8,10,14H,4,6-7H2,1H3/t8-,10+/m1/s1. The molecule has 1 aromatic rings. The van der Waals surface area contributed by atoms with E-state index in [1.807, 2.05) is 0 Å². The van der Waals surface area contributed by atoms with Crippen molar-refractivity contribution < 1.29 is 14.3 Å². The fourth-order valence-electron chi connectivity index (χ4n) is 1.82. The number of rotatable bonds is 4. The van der Waals surface area contributed by atoms with Crippen LogP contribution in [0.1, 0.15) is 12.7 Å². The van der Waals surface area contributed by atoms with Crippen LogP contribution in [-0.2, 0) is 11.2 Å². The fourth-order valence-corrected chi connectivity index (χ4v) is 3.03. The van der Waals surface area contributed by atoms with Crippen molar-refractivity contribution >= 4 is 34.2 Å². The van der Waals surface area contributed by atoms with Gasteiger partial charge in [-0.15, -0.1) is 0 Å². The van der Waals surface area contributed by atoms with Gasteiger partial charge in [0.2, 0.25) is 5.91 Å². The number of furan rings is 1. The van der Waals surface area contributed by atoms with Gasteiger partial charge in [-0.05, 0) is 12.1 Å². The smallest absolute Gasteiger partial charge is 0.233 e. The summed E-state index contributed by atoms with van der Waals surface area (Å²) in [5.74, 6) is 0.933. The van der Waals surface area contributed by atoms with Gasteiger partial charge >= 0.3 is 0 Å². The van der Waals surface area contributed by atoms with E-state index in [2.05, 4.69) is 0 Å². The van der Waals surface area contributed by atoms with Crippen LogP contribution in [-0.4, -0.2) is 38.6 Å². The number of hydrogen-bond acceptors (Lipinski definition) is 5. The fraction of sp³-hybridized carbons (Fsp3) is 0.500. The highest BCUT2D eigenvalue weighted by Crippen LogP contribution is 2.22. The monoisotopic (exact) mass is 285 g/mol. The van der Waals surface area contributed by atoms with Crippen molar-refractivity contribution in [1.29, 1.82) is 0 Å². The Hall–Kier alpha value is -0.850. The Balaban J connectivity index is 1.95. The summed E-state index contributed by atoms with van der Waals surface area (Å²) in [6.45, 7) is 2.36. The lowest BCUT2D eigenvalue weighted by atomic mass is 9.99. The Bertz CT molecular complexity index is 433. The molecule has 2 rings (SSSR count). The van der Waals surface area contributed by atoms with Crippen molar-refractivity contribution in [1.82, 2.24) is 4.90 Å². The maximum absolute atomic E-state index is 12.2. The highest BCUT2D eigenvalue weighted by molar-refractivity contribution is 8.23. The van der Waals surface area contributed by atoms with Gasteiger partial charge in [-0.3, -0.25) is 9.69 Å². The topological polar surface area (TPSA) is 53.7 Å². The van der Waals surface area contributed by atoms with E-state index in [1.165, 1.54) is 11.8 Å². The number of carbonyl (C=O) groups excluding carboxylic acids is 1. The van der Waals surface area contributed by atoms with Crippen LogP contribution in [0.3, 0.4) is 0 Å². The van der Waals surface area contributed by atoms with Gasteiger partial charge in [0.25, 0.3) is 0 Å². The molecule has 2 atom stereocenters. The second kappa shape index (κ2) is 5.86. The molecule has 4 nitrogen and oxygen atoms in total. The average Bonchev–Trinajstić information content (AvgIpc) is 2.98. The number of hydrogen-bond donors (Lipinski definition) is 1. The Morgan fingerprint density at radius 1 is 1.72 bits per heavy atom. The van der Waals surface area contributed by atoms with E-state index in [-0.39, 0.29) is 5.91 Å². The molecule has 1 aromatic heterocycles. The van der Waals surface area contributed by atoms with Crippen molar-refractivity contribution in [2.75, 3.05) is 12.3 Å². The molecule has 0 spiro atoms. The van der Waals surface area contributed by atoms with Crippen molar-refractivity contribution in [3.63, 3.8) is 0 Å². The SMILES string of the molecule is C[C@@H](C(=O)N1CCSC1=S)[C@@H](O)Cc1ccco1. The van der Waals surface area contributed by atoms with Crippen LogP contribution in [0.15, 0.2) is 22.8 Å². The number of carbonyl (C=O) groups is 1. The van der Waals surface area contributed by atoms with E-state index < -0.39 is 12.0 Å². The van der Waals surface area contributed by atoms with Crippen molar-refractivity contribution in [3.05, 3.63) is 24.2 Å². The van der Waals surface area contributed by atoms with Crippen molar-refractivity contribution in [3.8, 4) is 0 Å². The number of aliphatic hydroxyl groups excluding tert-OH is 1. The van der Waals surface area contributed by atoms with E-state index in [0.717, 1.165) is 5.75 Å². The molecule has 0 bridgehead atoms. The van der Waals surface area contributed by atoms with E-state index in [1.54, 1.807) is 30.2 Å². The van der Waals surface area contributed by atoms with E-state index in [0.29, 0.717) is 23.0 Å². The molecule has 0 aliphatic carbocycles. The average molecular weight is 285 g/mol. The Morgan fingerprint density at radius 2 is 2.50 bits per heavy atom. The summed E-state index contributed by atoms with van der Waals surface area (Å²) in [4.78, 5) is 13.7. The van der Waals surface area contributed by atoms with Crippen LogP contribution in [0.2, 0.25) is 0 Å². The maximum atomic E-state index is 12.2. The number of thioether (sulfide) groups is 1. The highest BCUT2D eigenvalue weighted by atomic mass is 32.2. The highest BCUT2D eigenvalue weighted by Gasteiger charge is 2.31. The molecule has 6 heteroatoms. The van der Waals surface area contributed by atoms with Crippen LogP contribution < -0.4 is 0 Å². The molecular weight excluding hydrogens is 270 g/mol. The Kier molecular flexibility index (Phi) is 4.42. The normalized spacial score (nSPS) is 19.0. The predicted octanol–water partition coefficient (Wildman–Crippen LogP) is 1.68. The zero-order valence-electron chi connectivity index (χ0n) is 10.0. The van der Waals surface area contributed by atoms with Crippen LogP contribution in [0.25, 0.3) is 0 Å². The summed E-state index contributed by atoms with van der Waals surface area (Å²) >= 11 is 6.61. The third-order valence-corrected chi connectivity index (χ3v) is 4.41. The molecule has 1 amide bonds. The van der Waals surface area contributed by atoms with Gasteiger partial charge < -0.3 is 9.52 Å². The van der Waals surface area contributed by atoms with E-state index in [9.17, 15) is 9.90 Å². The maximum Gasteiger partial charge on any atom is 0.233 e. The Morgan fingerprint density at radius 3 is 3.06 bits per heavy atom. The molecule has 0 aromatic carbocycles. The summed E-state index contributed by atoms with van der Waals surface area (Å²) in [6, 6.07) is 3.55. The molecule has 0 unspecified atom stereocenters. The zero-order chi connectivity index (χ0) is 13.1. The summed E-state index contributed by atoms with van der Waals surface area (Å²) in [5, 5.41) is 10.0. The number of aliphatic hydroxyl groups is 1. The molecule has 1 aliphatic heterocycles. The second-order valence-corrected chi connectivity index (χ2v) is 5.97. The summed E-state index contributed by atoms with van der Waals surface area (Å²) in [5.41, 5.74) is 0. The van der Waals surface area contributed by atoms with Gasteiger partial charge in [-0.1, -0.05) is 30.9 Å². The lowest BCUT2D eigenvalue weighted by molar-refractivity contribution is -0.133. The molecule has 0 saturated carbocycles. The van der Waals surface area contributed by atoms with Crippen LogP contribution in [0.5, 0.6) is 0 Å². The minimum Gasteiger partial charge on any atom is -0.469 e. The van der Waals surface area contributed by atoms with Crippen LogP contribution in [0, 0.1) is 5.92 Å². The van der Waals surface area contributed by atoms with Crippen LogP contribution >= 0.6 is 24.0 Å². The molecular formula is C12H15NO3S2. The van der Waals surface area contributed by atoms with Gasteiger partial charge in [0.15, 0.2) is 0 Å². The van der Waals surface area contributed by atoms with Crippen molar-refractivity contribution in [2.24, 2.45) is 5.92 Å². The first-order chi connectivity index (χ1) is 8.59. The minimum atomic E-state index is -0.753. The molecule has 98 valence electrons. The largest absolute Gasteiger partial charge is 0.469 e. The summed E-state index contributed by atoms with van der Waals surface area (Å²) in [6.07, 6.45) is 1.14. The number of amides is 1. The molecule has 0 radical (unpaired) electrons. The van der Waals surface area contributed by atoms with Gasteiger partial charge in [0, 0.05) is 18.7 Å². The van der Waals surface area contributed by atoms with Gasteiger partial charge in [-0.25, -0.2) is 0 Å². The van der Waals surface area contributed by atoms with Gasteiger partial charge in [0.1, 0.15) is 10.1 Å². The van der Waals surface area contributed by atoms with Crippen LogP contribution in [0.4, 0.5) is 0 Å². The lowest BCUT2D eigenvalue weighted by Gasteiger charge is -2.23.